The molecule has 4 nitrogen and oxygen atoms in total. The average Bonchev–Trinajstić information content (AvgIpc) is 2.48. The first-order valence-electron chi connectivity index (χ1n) is 6.66. The number of ether oxygens (including phenoxy) is 1. The molecule has 0 unspecified atom stereocenters. The van der Waals surface area contributed by atoms with Gasteiger partial charge in [0.1, 0.15) is 11.1 Å². The second-order valence-electron chi connectivity index (χ2n) is 4.64. The summed E-state index contributed by atoms with van der Waals surface area (Å²) < 4.78 is 4.90. The molecular formula is C16H16N2O2S. The van der Waals surface area contributed by atoms with Gasteiger partial charge >= 0.3 is 5.97 Å². The van der Waals surface area contributed by atoms with Crippen LogP contribution in [0.15, 0.2) is 23.2 Å². The highest BCUT2D eigenvalue weighted by Gasteiger charge is 2.12. The molecule has 1 aromatic heterocycles. The summed E-state index contributed by atoms with van der Waals surface area (Å²) in [4.78, 5) is 16.0. The van der Waals surface area contributed by atoms with Crippen molar-refractivity contribution in [2.24, 2.45) is 0 Å². The van der Waals surface area contributed by atoms with Crippen molar-refractivity contribution in [3.8, 4) is 6.07 Å². The molecule has 0 saturated carbocycles. The second-order valence-corrected chi connectivity index (χ2v) is 5.61. The molecule has 0 aliphatic heterocycles. The Morgan fingerprint density at radius 1 is 1.38 bits per heavy atom. The van der Waals surface area contributed by atoms with Crippen molar-refractivity contribution in [3.05, 3.63) is 34.9 Å². The fourth-order valence-electron chi connectivity index (χ4n) is 2.04. The van der Waals surface area contributed by atoms with Gasteiger partial charge in [0.25, 0.3) is 0 Å². The van der Waals surface area contributed by atoms with Gasteiger partial charge in [0.15, 0.2) is 0 Å². The lowest BCUT2D eigenvalue weighted by molar-refractivity contribution is -0.139. The van der Waals surface area contributed by atoms with Crippen molar-refractivity contribution in [2.75, 3.05) is 12.4 Å². The van der Waals surface area contributed by atoms with Crippen LogP contribution in [-0.2, 0) is 9.53 Å². The Hall–Kier alpha value is -2.06. The van der Waals surface area contributed by atoms with Crippen LogP contribution in [0.2, 0.25) is 0 Å². The number of carbonyl (C=O) groups is 1. The zero-order valence-electron chi connectivity index (χ0n) is 12.3. The van der Waals surface area contributed by atoms with Gasteiger partial charge in [0, 0.05) is 5.39 Å². The molecule has 5 heteroatoms. The van der Waals surface area contributed by atoms with Crippen LogP contribution >= 0.6 is 11.8 Å². The molecule has 2 rings (SSSR count). The number of nitriles is 1. The van der Waals surface area contributed by atoms with Crippen LogP contribution in [0.4, 0.5) is 0 Å². The van der Waals surface area contributed by atoms with E-state index in [1.54, 1.807) is 6.92 Å². The number of esters is 1. The highest BCUT2D eigenvalue weighted by atomic mass is 32.2. The van der Waals surface area contributed by atoms with Gasteiger partial charge in [0.05, 0.1) is 23.4 Å². The Morgan fingerprint density at radius 2 is 2.10 bits per heavy atom. The van der Waals surface area contributed by atoms with Gasteiger partial charge in [-0.3, -0.25) is 4.79 Å². The SMILES string of the molecule is CCOC(=O)CSc1nc2c(C)ccc(C)c2cc1C#N. The van der Waals surface area contributed by atoms with Gasteiger partial charge in [-0.15, -0.1) is 0 Å². The molecule has 2 aromatic rings. The van der Waals surface area contributed by atoms with Crippen molar-refractivity contribution in [3.63, 3.8) is 0 Å². The summed E-state index contributed by atoms with van der Waals surface area (Å²) in [7, 11) is 0. The van der Waals surface area contributed by atoms with E-state index in [1.807, 2.05) is 32.0 Å². The summed E-state index contributed by atoms with van der Waals surface area (Å²) in [6.07, 6.45) is 0. The van der Waals surface area contributed by atoms with E-state index in [0.29, 0.717) is 17.2 Å². The zero-order chi connectivity index (χ0) is 15.4. The van der Waals surface area contributed by atoms with Crippen molar-refractivity contribution in [2.45, 2.75) is 25.8 Å². The maximum atomic E-state index is 11.4. The van der Waals surface area contributed by atoms with Crippen LogP contribution in [0.1, 0.15) is 23.6 Å². The average molecular weight is 300 g/mol. The zero-order valence-corrected chi connectivity index (χ0v) is 13.1. The summed E-state index contributed by atoms with van der Waals surface area (Å²) in [5.74, 6) is -0.138. The van der Waals surface area contributed by atoms with Gasteiger partial charge in [-0.2, -0.15) is 5.26 Å². The van der Waals surface area contributed by atoms with E-state index >= 15 is 0 Å². The highest BCUT2D eigenvalue weighted by molar-refractivity contribution is 7.99. The van der Waals surface area contributed by atoms with Crippen molar-refractivity contribution in [1.29, 1.82) is 5.26 Å². The fourth-order valence-corrected chi connectivity index (χ4v) is 2.79. The van der Waals surface area contributed by atoms with E-state index in [9.17, 15) is 10.1 Å². The molecular weight excluding hydrogens is 284 g/mol. The van der Waals surface area contributed by atoms with E-state index in [-0.39, 0.29) is 11.7 Å². The minimum atomic E-state index is -0.297. The normalized spacial score (nSPS) is 10.4. The molecule has 21 heavy (non-hydrogen) atoms. The number of pyridine rings is 1. The maximum Gasteiger partial charge on any atom is 0.316 e. The quantitative estimate of drug-likeness (QED) is 0.640. The smallest absolute Gasteiger partial charge is 0.316 e. The molecule has 0 bridgehead atoms. The number of nitrogens with zero attached hydrogens (tertiary/aromatic N) is 2. The monoisotopic (exact) mass is 300 g/mol. The van der Waals surface area contributed by atoms with Gasteiger partial charge in [-0.05, 0) is 38.0 Å². The molecule has 0 N–H and O–H groups in total. The van der Waals surface area contributed by atoms with Crippen LogP contribution in [0.3, 0.4) is 0 Å². The summed E-state index contributed by atoms with van der Waals surface area (Å²) in [5.41, 5.74) is 3.51. The van der Waals surface area contributed by atoms with Crippen LogP contribution in [0, 0.1) is 25.2 Å². The minimum Gasteiger partial charge on any atom is -0.465 e. The summed E-state index contributed by atoms with van der Waals surface area (Å²) in [6, 6.07) is 8.03. The molecule has 1 heterocycles. The Morgan fingerprint density at radius 3 is 2.76 bits per heavy atom. The third-order valence-corrected chi connectivity index (χ3v) is 4.09. The third kappa shape index (κ3) is 3.34. The lowest BCUT2D eigenvalue weighted by Crippen LogP contribution is -2.07. The third-order valence-electron chi connectivity index (χ3n) is 3.12. The molecule has 0 radical (unpaired) electrons. The number of carbonyl (C=O) groups excluding carboxylic acids is 1. The number of hydrogen-bond acceptors (Lipinski definition) is 5. The van der Waals surface area contributed by atoms with Gasteiger partial charge in [-0.1, -0.05) is 23.9 Å². The van der Waals surface area contributed by atoms with Gasteiger partial charge < -0.3 is 4.74 Å². The lowest BCUT2D eigenvalue weighted by atomic mass is 10.0. The second kappa shape index (κ2) is 6.59. The number of hydrogen-bond donors (Lipinski definition) is 0. The summed E-state index contributed by atoms with van der Waals surface area (Å²) >= 11 is 1.24. The number of benzene rings is 1. The molecule has 108 valence electrons. The van der Waals surface area contributed by atoms with E-state index < -0.39 is 0 Å². The summed E-state index contributed by atoms with van der Waals surface area (Å²) in [5, 5.41) is 10.8. The Balaban J connectivity index is 2.42. The van der Waals surface area contributed by atoms with E-state index in [1.165, 1.54) is 11.8 Å². The molecule has 0 saturated heterocycles. The largest absolute Gasteiger partial charge is 0.465 e. The number of rotatable bonds is 4. The number of aryl methyl sites for hydroxylation is 2. The number of fused-ring (bicyclic) bond motifs is 1. The minimum absolute atomic E-state index is 0.159. The Labute approximate surface area is 128 Å². The first-order chi connectivity index (χ1) is 10.1. The molecule has 0 spiro atoms. The Kier molecular flexibility index (Phi) is 4.81. The molecule has 0 atom stereocenters. The van der Waals surface area contributed by atoms with E-state index in [0.717, 1.165) is 22.0 Å². The van der Waals surface area contributed by atoms with Crippen LogP contribution in [-0.4, -0.2) is 23.3 Å². The maximum absolute atomic E-state index is 11.4. The van der Waals surface area contributed by atoms with E-state index in [4.69, 9.17) is 4.74 Å². The van der Waals surface area contributed by atoms with Crippen molar-refractivity contribution >= 4 is 28.6 Å². The fraction of sp³-hybridized carbons (Fsp3) is 0.312. The van der Waals surface area contributed by atoms with Crippen LogP contribution in [0.25, 0.3) is 10.9 Å². The predicted octanol–water partition coefficient (Wildman–Crippen LogP) is 3.38. The molecule has 0 aliphatic carbocycles. The number of thioether (sulfide) groups is 1. The lowest BCUT2D eigenvalue weighted by Gasteiger charge is -2.09. The first kappa shape index (κ1) is 15.3. The molecule has 0 amide bonds. The van der Waals surface area contributed by atoms with Crippen molar-refractivity contribution < 1.29 is 9.53 Å². The Bertz CT molecular complexity index is 735. The van der Waals surface area contributed by atoms with Crippen LogP contribution < -0.4 is 0 Å². The van der Waals surface area contributed by atoms with Gasteiger partial charge in [0.2, 0.25) is 0 Å². The van der Waals surface area contributed by atoms with Gasteiger partial charge in [-0.25, -0.2) is 4.98 Å². The first-order valence-corrected chi connectivity index (χ1v) is 7.64. The molecule has 0 fully saturated rings. The number of aromatic nitrogens is 1. The van der Waals surface area contributed by atoms with Crippen molar-refractivity contribution in [1.82, 2.24) is 4.98 Å². The molecule has 0 aliphatic rings. The topological polar surface area (TPSA) is 63.0 Å². The molecule has 1 aromatic carbocycles. The predicted molar refractivity (Wildman–Crippen MR) is 83.3 cm³/mol. The standard InChI is InChI=1S/C16H16N2O2S/c1-4-20-14(19)9-21-16-12(8-17)7-13-10(2)5-6-11(3)15(13)18-16/h5-7H,4,9H2,1-3H3. The summed E-state index contributed by atoms with van der Waals surface area (Å²) in [6.45, 7) is 6.11. The highest BCUT2D eigenvalue weighted by Crippen LogP contribution is 2.28. The van der Waals surface area contributed by atoms with E-state index in [2.05, 4.69) is 11.1 Å². The van der Waals surface area contributed by atoms with Crippen LogP contribution in [0.5, 0.6) is 0 Å².